The molecule has 1 aromatic heterocycles. The summed E-state index contributed by atoms with van der Waals surface area (Å²) in [4.78, 5) is 12.6. The summed E-state index contributed by atoms with van der Waals surface area (Å²) >= 11 is 4.95. The van der Waals surface area contributed by atoms with E-state index in [1.54, 1.807) is 13.2 Å². The van der Waals surface area contributed by atoms with Crippen molar-refractivity contribution in [2.45, 2.75) is 13.8 Å². The van der Waals surface area contributed by atoms with Crippen LogP contribution in [0, 0.1) is 13.8 Å². The molecule has 0 saturated carbocycles. The molecule has 2 rings (SSSR count). The van der Waals surface area contributed by atoms with Crippen molar-refractivity contribution in [1.82, 2.24) is 9.78 Å². The van der Waals surface area contributed by atoms with Crippen LogP contribution in [0.4, 0.5) is 5.82 Å². The molecule has 0 bridgehead atoms. The highest BCUT2D eigenvalue weighted by Gasteiger charge is 2.16. The van der Waals surface area contributed by atoms with Gasteiger partial charge in [-0.15, -0.1) is 0 Å². The molecule has 6 heteroatoms. The summed E-state index contributed by atoms with van der Waals surface area (Å²) in [6.07, 6.45) is 1.54. The zero-order chi connectivity index (χ0) is 14.9. The minimum atomic E-state index is -0.202. The molecule has 0 aliphatic rings. The minimum Gasteiger partial charge on any atom is -0.389 e. The van der Waals surface area contributed by atoms with Crippen LogP contribution in [-0.2, 0) is 7.05 Å². The van der Waals surface area contributed by atoms with Gasteiger partial charge in [-0.05, 0) is 25.5 Å². The van der Waals surface area contributed by atoms with Gasteiger partial charge in [0.2, 0.25) is 0 Å². The molecule has 0 spiro atoms. The second kappa shape index (κ2) is 5.42. The maximum absolute atomic E-state index is 12.4. The summed E-state index contributed by atoms with van der Waals surface area (Å²) in [6, 6.07) is 5.74. The van der Waals surface area contributed by atoms with Crippen molar-refractivity contribution in [2.75, 3.05) is 5.32 Å². The first-order valence-electron chi connectivity index (χ1n) is 6.10. The van der Waals surface area contributed by atoms with Crippen molar-refractivity contribution in [3.8, 4) is 0 Å². The highest BCUT2D eigenvalue weighted by molar-refractivity contribution is 7.80. The first-order valence-corrected chi connectivity index (χ1v) is 6.51. The SMILES string of the molecule is Cc1ccc(C)c(C(=O)Nc2c(C(N)=S)cnn2C)c1. The summed E-state index contributed by atoms with van der Waals surface area (Å²) in [5, 5.41) is 6.88. The number of hydrogen-bond donors (Lipinski definition) is 2. The molecule has 0 saturated heterocycles. The van der Waals surface area contributed by atoms with Crippen molar-refractivity contribution in [2.24, 2.45) is 12.8 Å². The van der Waals surface area contributed by atoms with E-state index < -0.39 is 0 Å². The second-order valence-corrected chi connectivity index (χ2v) is 5.11. The standard InChI is InChI=1S/C14H16N4OS/c1-8-4-5-9(2)10(6-8)14(19)17-13-11(12(15)20)7-16-18(13)3/h4-7H,1-3H3,(H2,15,20)(H,17,19). The average molecular weight is 288 g/mol. The minimum absolute atomic E-state index is 0.202. The van der Waals surface area contributed by atoms with Crippen molar-refractivity contribution in [3.05, 3.63) is 46.6 Å². The Bertz CT molecular complexity index is 690. The molecule has 0 aliphatic carbocycles. The van der Waals surface area contributed by atoms with Gasteiger partial charge in [-0.25, -0.2) is 0 Å². The van der Waals surface area contributed by atoms with Gasteiger partial charge in [0.25, 0.3) is 5.91 Å². The Morgan fingerprint density at radius 2 is 2.05 bits per heavy atom. The molecular weight excluding hydrogens is 272 g/mol. The zero-order valence-electron chi connectivity index (χ0n) is 11.6. The maximum atomic E-state index is 12.4. The number of hydrogen-bond acceptors (Lipinski definition) is 3. The highest BCUT2D eigenvalue weighted by Crippen LogP contribution is 2.17. The summed E-state index contributed by atoms with van der Waals surface area (Å²) in [6.45, 7) is 3.84. The summed E-state index contributed by atoms with van der Waals surface area (Å²) in [7, 11) is 1.72. The number of carbonyl (C=O) groups is 1. The van der Waals surface area contributed by atoms with E-state index in [2.05, 4.69) is 10.4 Å². The Morgan fingerprint density at radius 3 is 2.70 bits per heavy atom. The average Bonchev–Trinajstić information content (AvgIpc) is 2.74. The molecular formula is C14H16N4OS. The zero-order valence-corrected chi connectivity index (χ0v) is 12.4. The number of nitrogens with zero attached hydrogens (tertiary/aromatic N) is 2. The van der Waals surface area contributed by atoms with Crippen molar-refractivity contribution in [1.29, 1.82) is 0 Å². The van der Waals surface area contributed by atoms with Crippen LogP contribution in [0.5, 0.6) is 0 Å². The Labute approximate surface area is 122 Å². The van der Waals surface area contributed by atoms with Crippen molar-refractivity contribution in [3.63, 3.8) is 0 Å². The Hall–Kier alpha value is -2.21. The van der Waals surface area contributed by atoms with E-state index in [1.807, 2.05) is 32.0 Å². The van der Waals surface area contributed by atoms with E-state index in [4.69, 9.17) is 18.0 Å². The number of aryl methyl sites for hydroxylation is 3. The van der Waals surface area contributed by atoms with E-state index in [1.165, 1.54) is 4.68 Å². The van der Waals surface area contributed by atoms with Gasteiger partial charge in [0.05, 0.1) is 11.8 Å². The van der Waals surface area contributed by atoms with E-state index in [0.717, 1.165) is 11.1 Å². The number of aromatic nitrogens is 2. The van der Waals surface area contributed by atoms with Gasteiger partial charge >= 0.3 is 0 Å². The van der Waals surface area contributed by atoms with Gasteiger partial charge in [-0.1, -0.05) is 29.9 Å². The molecule has 0 radical (unpaired) electrons. The van der Waals surface area contributed by atoms with E-state index in [9.17, 15) is 4.79 Å². The predicted molar refractivity (Wildman–Crippen MR) is 83.0 cm³/mol. The fourth-order valence-electron chi connectivity index (χ4n) is 1.92. The maximum Gasteiger partial charge on any atom is 0.257 e. The number of thiocarbonyl (C=S) groups is 1. The monoisotopic (exact) mass is 288 g/mol. The van der Waals surface area contributed by atoms with Crippen LogP contribution < -0.4 is 11.1 Å². The predicted octanol–water partition coefficient (Wildman–Crippen LogP) is 1.92. The largest absolute Gasteiger partial charge is 0.389 e. The second-order valence-electron chi connectivity index (χ2n) is 4.67. The lowest BCUT2D eigenvalue weighted by Gasteiger charge is -2.10. The third-order valence-corrected chi connectivity index (χ3v) is 3.29. The Kier molecular flexibility index (Phi) is 3.85. The summed E-state index contributed by atoms with van der Waals surface area (Å²) in [5.41, 5.74) is 8.74. The highest BCUT2D eigenvalue weighted by atomic mass is 32.1. The molecule has 104 valence electrons. The number of benzene rings is 1. The number of amides is 1. The van der Waals surface area contributed by atoms with Gasteiger partial charge in [0.1, 0.15) is 10.8 Å². The molecule has 2 aromatic rings. The molecule has 0 atom stereocenters. The van der Waals surface area contributed by atoms with Gasteiger partial charge in [-0.2, -0.15) is 5.10 Å². The van der Waals surface area contributed by atoms with Crippen LogP contribution in [-0.4, -0.2) is 20.7 Å². The molecule has 0 aliphatic heterocycles. The van der Waals surface area contributed by atoms with Gasteiger partial charge in [0, 0.05) is 12.6 Å². The summed E-state index contributed by atoms with van der Waals surface area (Å²) < 4.78 is 1.54. The van der Waals surface area contributed by atoms with Gasteiger partial charge < -0.3 is 11.1 Å². The van der Waals surface area contributed by atoms with E-state index in [-0.39, 0.29) is 10.9 Å². The molecule has 1 amide bonds. The normalized spacial score (nSPS) is 10.3. The fourth-order valence-corrected chi connectivity index (χ4v) is 2.07. The van der Waals surface area contributed by atoms with Gasteiger partial charge in [0.15, 0.2) is 0 Å². The van der Waals surface area contributed by atoms with Crippen LogP contribution >= 0.6 is 12.2 Å². The third kappa shape index (κ3) is 2.70. The lowest BCUT2D eigenvalue weighted by Crippen LogP contribution is -2.19. The smallest absolute Gasteiger partial charge is 0.257 e. The first kappa shape index (κ1) is 14.2. The van der Waals surface area contributed by atoms with Crippen molar-refractivity contribution >= 4 is 28.9 Å². The van der Waals surface area contributed by atoms with Crippen LogP contribution in [0.3, 0.4) is 0 Å². The first-order chi connectivity index (χ1) is 9.40. The van der Waals surface area contributed by atoms with E-state index >= 15 is 0 Å². The number of anilines is 1. The molecule has 20 heavy (non-hydrogen) atoms. The van der Waals surface area contributed by atoms with Gasteiger partial charge in [-0.3, -0.25) is 9.48 Å². The number of nitrogens with one attached hydrogen (secondary N) is 1. The quantitative estimate of drug-likeness (QED) is 0.846. The molecule has 1 heterocycles. The van der Waals surface area contributed by atoms with Crippen molar-refractivity contribution < 1.29 is 4.79 Å². The summed E-state index contributed by atoms with van der Waals surface area (Å²) in [5.74, 6) is 0.302. The molecule has 0 fully saturated rings. The number of rotatable bonds is 3. The Morgan fingerprint density at radius 1 is 1.35 bits per heavy atom. The lowest BCUT2D eigenvalue weighted by molar-refractivity contribution is 0.102. The van der Waals surface area contributed by atoms with Crippen LogP contribution in [0.1, 0.15) is 27.0 Å². The molecule has 3 N–H and O–H groups in total. The molecule has 0 unspecified atom stereocenters. The van der Waals surface area contributed by atoms with Crippen LogP contribution in [0.15, 0.2) is 24.4 Å². The topological polar surface area (TPSA) is 72.9 Å². The third-order valence-electron chi connectivity index (χ3n) is 3.07. The molecule has 5 nitrogen and oxygen atoms in total. The lowest BCUT2D eigenvalue weighted by atomic mass is 10.1. The fraction of sp³-hybridized carbons (Fsp3) is 0.214. The Balaban J connectivity index is 2.35. The molecule has 1 aromatic carbocycles. The number of carbonyl (C=O) groups excluding carboxylic acids is 1. The van der Waals surface area contributed by atoms with E-state index in [0.29, 0.717) is 16.9 Å². The van der Waals surface area contributed by atoms with Crippen LogP contribution in [0.2, 0.25) is 0 Å². The number of nitrogens with two attached hydrogens (primary N) is 1. The van der Waals surface area contributed by atoms with Crippen LogP contribution in [0.25, 0.3) is 0 Å².